The first kappa shape index (κ1) is 18.2. The van der Waals surface area contributed by atoms with Crippen molar-refractivity contribution in [1.82, 2.24) is 19.0 Å². The summed E-state index contributed by atoms with van der Waals surface area (Å²) < 4.78 is 3.57. The number of nitrogens with zero attached hydrogens (tertiary/aromatic N) is 4. The van der Waals surface area contributed by atoms with Crippen LogP contribution in [-0.2, 0) is 13.6 Å². The summed E-state index contributed by atoms with van der Waals surface area (Å²) in [4.78, 5) is 20.1. The molecule has 2 aromatic heterocycles. The van der Waals surface area contributed by atoms with Gasteiger partial charge in [-0.25, -0.2) is 9.78 Å². The number of aryl methyl sites for hydroxylation is 1. The number of imidazole rings is 1. The summed E-state index contributed by atoms with van der Waals surface area (Å²) in [6.07, 6.45) is 2.29. The van der Waals surface area contributed by atoms with Gasteiger partial charge in [0.15, 0.2) is 5.65 Å². The molecule has 3 rings (SSSR count). The zero-order valence-corrected chi connectivity index (χ0v) is 16.5. The standard InChI is InChI=1S/C20H32N4O/c1-7-23-11-10-15(12-14(23)2)16-8-9-17-18(21-16)22(6)19(25)24(17)13-20(3,4)5/h8-9,14-15H,7,10-13H2,1-6H3. The predicted molar refractivity (Wildman–Crippen MR) is 103 cm³/mol. The molecule has 1 aliphatic heterocycles. The second-order valence-electron chi connectivity index (χ2n) is 8.77. The van der Waals surface area contributed by atoms with E-state index in [1.807, 2.05) is 11.6 Å². The second-order valence-corrected chi connectivity index (χ2v) is 8.77. The fourth-order valence-electron chi connectivity index (χ4n) is 4.10. The van der Waals surface area contributed by atoms with Gasteiger partial charge >= 0.3 is 5.69 Å². The molecule has 3 heterocycles. The molecule has 1 aliphatic rings. The van der Waals surface area contributed by atoms with Crippen LogP contribution in [0.4, 0.5) is 0 Å². The maximum atomic E-state index is 12.7. The van der Waals surface area contributed by atoms with E-state index >= 15 is 0 Å². The minimum Gasteiger partial charge on any atom is -0.301 e. The van der Waals surface area contributed by atoms with Crippen molar-refractivity contribution in [2.75, 3.05) is 13.1 Å². The van der Waals surface area contributed by atoms with E-state index < -0.39 is 0 Å². The van der Waals surface area contributed by atoms with Crippen LogP contribution in [0.15, 0.2) is 16.9 Å². The molecule has 5 nitrogen and oxygen atoms in total. The molecule has 2 atom stereocenters. The third kappa shape index (κ3) is 3.52. The number of piperidine rings is 1. The number of hydrogen-bond acceptors (Lipinski definition) is 3. The molecule has 2 unspecified atom stereocenters. The van der Waals surface area contributed by atoms with Crippen molar-refractivity contribution in [2.24, 2.45) is 12.5 Å². The molecule has 0 aliphatic carbocycles. The van der Waals surface area contributed by atoms with Gasteiger partial charge in [0.1, 0.15) is 0 Å². The average Bonchev–Trinajstić information content (AvgIpc) is 2.78. The molecule has 138 valence electrons. The van der Waals surface area contributed by atoms with Crippen LogP contribution < -0.4 is 5.69 Å². The molecular formula is C20H32N4O. The maximum absolute atomic E-state index is 12.7. The van der Waals surface area contributed by atoms with Gasteiger partial charge in [0.05, 0.1) is 5.52 Å². The van der Waals surface area contributed by atoms with Crippen LogP contribution in [0.2, 0.25) is 0 Å². The second kappa shape index (κ2) is 6.60. The van der Waals surface area contributed by atoms with E-state index in [-0.39, 0.29) is 11.1 Å². The van der Waals surface area contributed by atoms with Crippen molar-refractivity contribution < 1.29 is 0 Å². The molecule has 1 fully saturated rings. The van der Waals surface area contributed by atoms with Gasteiger partial charge < -0.3 is 4.90 Å². The van der Waals surface area contributed by atoms with E-state index in [0.717, 1.165) is 42.8 Å². The molecule has 0 amide bonds. The first-order chi connectivity index (χ1) is 11.7. The molecule has 0 saturated carbocycles. The third-order valence-electron chi connectivity index (χ3n) is 5.47. The van der Waals surface area contributed by atoms with Gasteiger partial charge in [-0.05, 0) is 50.4 Å². The highest BCUT2D eigenvalue weighted by Gasteiger charge is 2.27. The van der Waals surface area contributed by atoms with E-state index in [2.05, 4.69) is 51.7 Å². The van der Waals surface area contributed by atoms with Crippen LogP contribution in [0.25, 0.3) is 11.2 Å². The molecule has 0 N–H and O–H groups in total. The monoisotopic (exact) mass is 344 g/mol. The lowest BCUT2D eigenvalue weighted by molar-refractivity contribution is 0.153. The number of aromatic nitrogens is 3. The number of fused-ring (bicyclic) bond motifs is 1. The van der Waals surface area contributed by atoms with E-state index in [0.29, 0.717) is 18.5 Å². The zero-order valence-electron chi connectivity index (χ0n) is 16.5. The summed E-state index contributed by atoms with van der Waals surface area (Å²) >= 11 is 0. The highest BCUT2D eigenvalue weighted by atomic mass is 16.1. The smallest absolute Gasteiger partial charge is 0.301 e. The molecule has 0 spiro atoms. The summed E-state index contributed by atoms with van der Waals surface area (Å²) in [5.41, 5.74) is 2.99. The van der Waals surface area contributed by atoms with Gasteiger partial charge in [0.25, 0.3) is 0 Å². The predicted octanol–water partition coefficient (Wildman–Crippen LogP) is 3.37. The summed E-state index contributed by atoms with van der Waals surface area (Å²) in [6, 6.07) is 4.83. The SMILES string of the molecule is CCN1CCC(c2ccc3c(n2)n(C)c(=O)n3CC(C)(C)C)CC1C. The Bertz CT molecular complexity index is 811. The number of pyridine rings is 1. The Hall–Kier alpha value is -1.62. The Labute approximate surface area is 150 Å². The molecule has 2 aromatic rings. The molecule has 0 aromatic carbocycles. The summed E-state index contributed by atoms with van der Waals surface area (Å²) in [7, 11) is 1.84. The largest absolute Gasteiger partial charge is 0.330 e. The topological polar surface area (TPSA) is 43.1 Å². The third-order valence-corrected chi connectivity index (χ3v) is 5.47. The molecule has 1 saturated heterocycles. The highest BCUT2D eigenvalue weighted by molar-refractivity contribution is 5.72. The molecular weight excluding hydrogens is 312 g/mol. The summed E-state index contributed by atoms with van der Waals surface area (Å²) in [5.74, 6) is 0.489. The van der Waals surface area contributed by atoms with Crippen molar-refractivity contribution in [1.29, 1.82) is 0 Å². The lowest BCUT2D eigenvalue weighted by atomic mass is 9.88. The van der Waals surface area contributed by atoms with Crippen LogP contribution >= 0.6 is 0 Å². The van der Waals surface area contributed by atoms with Crippen molar-refractivity contribution >= 4 is 11.2 Å². The molecule has 25 heavy (non-hydrogen) atoms. The minimum atomic E-state index is 0.0312. The van der Waals surface area contributed by atoms with Crippen LogP contribution in [0.5, 0.6) is 0 Å². The Morgan fingerprint density at radius 2 is 2.00 bits per heavy atom. The van der Waals surface area contributed by atoms with Crippen LogP contribution in [-0.4, -0.2) is 38.1 Å². The maximum Gasteiger partial charge on any atom is 0.330 e. The first-order valence-corrected chi connectivity index (χ1v) is 9.51. The van der Waals surface area contributed by atoms with Gasteiger partial charge in [0.2, 0.25) is 0 Å². The lowest BCUT2D eigenvalue weighted by Crippen LogP contribution is -2.39. The van der Waals surface area contributed by atoms with Crippen LogP contribution in [0.3, 0.4) is 0 Å². The Morgan fingerprint density at radius 3 is 2.60 bits per heavy atom. The van der Waals surface area contributed by atoms with Gasteiger partial charge in [-0.15, -0.1) is 0 Å². The van der Waals surface area contributed by atoms with E-state index in [1.54, 1.807) is 4.57 Å². The lowest BCUT2D eigenvalue weighted by Gasteiger charge is -2.36. The van der Waals surface area contributed by atoms with Crippen molar-refractivity contribution in [3.05, 3.63) is 28.3 Å². The first-order valence-electron chi connectivity index (χ1n) is 9.51. The van der Waals surface area contributed by atoms with E-state index in [9.17, 15) is 4.79 Å². The fraction of sp³-hybridized carbons (Fsp3) is 0.700. The van der Waals surface area contributed by atoms with Crippen molar-refractivity contribution in [3.63, 3.8) is 0 Å². The quantitative estimate of drug-likeness (QED) is 0.857. The highest BCUT2D eigenvalue weighted by Crippen LogP contribution is 2.31. The fourth-order valence-corrected chi connectivity index (χ4v) is 4.10. The van der Waals surface area contributed by atoms with Crippen molar-refractivity contribution in [3.8, 4) is 0 Å². The van der Waals surface area contributed by atoms with Crippen LogP contribution in [0.1, 0.15) is 59.1 Å². The Balaban J connectivity index is 1.96. The van der Waals surface area contributed by atoms with Gasteiger partial charge in [0, 0.05) is 31.2 Å². The Kier molecular flexibility index (Phi) is 4.80. The van der Waals surface area contributed by atoms with E-state index in [1.165, 1.54) is 0 Å². The van der Waals surface area contributed by atoms with Gasteiger partial charge in [-0.2, -0.15) is 0 Å². The van der Waals surface area contributed by atoms with Crippen molar-refractivity contribution in [2.45, 2.75) is 66.0 Å². The number of rotatable bonds is 3. The summed E-state index contributed by atoms with van der Waals surface area (Å²) in [5, 5.41) is 0. The number of likely N-dealkylation sites (tertiary alicyclic amines) is 1. The minimum absolute atomic E-state index is 0.0312. The number of hydrogen-bond donors (Lipinski definition) is 0. The summed E-state index contributed by atoms with van der Waals surface area (Å²) in [6.45, 7) is 14.0. The van der Waals surface area contributed by atoms with Gasteiger partial charge in [-0.1, -0.05) is 27.7 Å². The molecule has 0 bridgehead atoms. The average molecular weight is 345 g/mol. The molecule has 0 radical (unpaired) electrons. The van der Waals surface area contributed by atoms with Crippen LogP contribution in [0, 0.1) is 5.41 Å². The normalized spacial score (nSPS) is 22.6. The Morgan fingerprint density at radius 1 is 1.28 bits per heavy atom. The van der Waals surface area contributed by atoms with Gasteiger partial charge in [-0.3, -0.25) is 9.13 Å². The molecule has 5 heteroatoms. The zero-order chi connectivity index (χ0) is 18.4. The van der Waals surface area contributed by atoms with E-state index in [4.69, 9.17) is 4.98 Å².